The van der Waals surface area contributed by atoms with Crippen molar-refractivity contribution in [2.45, 2.75) is 26.3 Å². The zero-order valence-electron chi connectivity index (χ0n) is 6.79. The molecular formula is C7H11NO3. The fourth-order valence-electron chi connectivity index (χ4n) is 0.920. The first-order valence-corrected chi connectivity index (χ1v) is 3.33. The molecule has 0 aliphatic rings. The van der Waals surface area contributed by atoms with E-state index in [2.05, 4.69) is 4.42 Å². The fraction of sp³-hybridized carbons (Fsp3) is 0.571. The van der Waals surface area contributed by atoms with Crippen LogP contribution in [0.4, 0.5) is 0 Å². The smallest absolute Gasteiger partial charge is 0.422 e. The molecule has 0 bridgehead atoms. The van der Waals surface area contributed by atoms with Crippen LogP contribution in [0.3, 0.4) is 0 Å². The van der Waals surface area contributed by atoms with Crippen LogP contribution >= 0.6 is 0 Å². The molecule has 0 amide bonds. The van der Waals surface area contributed by atoms with Crippen LogP contribution in [0.1, 0.15) is 20.8 Å². The van der Waals surface area contributed by atoms with Crippen LogP contribution in [-0.4, -0.2) is 9.67 Å². The van der Waals surface area contributed by atoms with E-state index in [1.165, 1.54) is 4.57 Å². The first-order valence-electron chi connectivity index (χ1n) is 3.33. The highest BCUT2D eigenvalue weighted by molar-refractivity contribution is 5.03. The quantitative estimate of drug-likeness (QED) is 0.608. The number of aromatic hydroxyl groups is 1. The summed E-state index contributed by atoms with van der Waals surface area (Å²) in [6, 6.07) is 0. The van der Waals surface area contributed by atoms with Gasteiger partial charge in [-0.05, 0) is 20.8 Å². The predicted molar refractivity (Wildman–Crippen MR) is 39.6 cm³/mol. The molecule has 1 heterocycles. The van der Waals surface area contributed by atoms with Crippen molar-refractivity contribution in [3.63, 3.8) is 0 Å². The van der Waals surface area contributed by atoms with Crippen LogP contribution in [0.2, 0.25) is 0 Å². The van der Waals surface area contributed by atoms with Gasteiger partial charge in [-0.2, -0.15) is 0 Å². The van der Waals surface area contributed by atoms with Crippen molar-refractivity contribution < 1.29 is 9.52 Å². The van der Waals surface area contributed by atoms with Crippen molar-refractivity contribution in [1.29, 1.82) is 0 Å². The van der Waals surface area contributed by atoms with Gasteiger partial charge in [0.2, 0.25) is 5.88 Å². The molecule has 0 atom stereocenters. The van der Waals surface area contributed by atoms with E-state index in [0.717, 1.165) is 6.26 Å². The molecule has 0 fully saturated rings. The monoisotopic (exact) mass is 157 g/mol. The summed E-state index contributed by atoms with van der Waals surface area (Å²) in [6.07, 6.45) is 1.04. The highest BCUT2D eigenvalue weighted by Crippen LogP contribution is 2.18. The summed E-state index contributed by atoms with van der Waals surface area (Å²) < 4.78 is 5.67. The molecule has 0 unspecified atom stereocenters. The first kappa shape index (κ1) is 7.91. The molecule has 0 saturated heterocycles. The van der Waals surface area contributed by atoms with Crippen molar-refractivity contribution in [3.05, 3.63) is 16.8 Å². The van der Waals surface area contributed by atoms with Crippen LogP contribution < -0.4 is 5.76 Å². The molecule has 0 saturated carbocycles. The molecule has 1 aromatic rings. The lowest BCUT2D eigenvalue weighted by Gasteiger charge is -2.18. The molecule has 4 heteroatoms. The summed E-state index contributed by atoms with van der Waals surface area (Å²) in [5.74, 6) is -0.669. The van der Waals surface area contributed by atoms with Gasteiger partial charge >= 0.3 is 5.76 Å². The predicted octanol–water partition coefficient (Wildman–Crippen LogP) is 0.902. The van der Waals surface area contributed by atoms with Crippen molar-refractivity contribution in [3.8, 4) is 5.88 Å². The zero-order chi connectivity index (χ0) is 8.65. The maximum atomic E-state index is 10.9. The minimum absolute atomic E-state index is 0.137. The van der Waals surface area contributed by atoms with E-state index < -0.39 is 11.3 Å². The highest BCUT2D eigenvalue weighted by atomic mass is 16.4. The lowest BCUT2D eigenvalue weighted by Crippen LogP contribution is -2.30. The standard InChI is InChI=1S/C7H11NO3/c1-7(2,3)8-5(9)4-11-6(8)10/h4,9H,1-3H3. The summed E-state index contributed by atoms with van der Waals surface area (Å²) >= 11 is 0. The topological polar surface area (TPSA) is 55.4 Å². The van der Waals surface area contributed by atoms with Gasteiger partial charge in [-0.3, -0.25) is 0 Å². The lowest BCUT2D eigenvalue weighted by molar-refractivity contribution is 0.309. The van der Waals surface area contributed by atoms with Gasteiger partial charge in [0.1, 0.15) is 0 Å². The van der Waals surface area contributed by atoms with E-state index in [1.54, 1.807) is 0 Å². The molecule has 1 aromatic heterocycles. The third-order valence-corrected chi connectivity index (χ3v) is 1.35. The molecular weight excluding hydrogens is 146 g/mol. The van der Waals surface area contributed by atoms with Gasteiger partial charge in [0.25, 0.3) is 0 Å². The van der Waals surface area contributed by atoms with E-state index in [-0.39, 0.29) is 5.88 Å². The van der Waals surface area contributed by atoms with Crippen molar-refractivity contribution in [1.82, 2.24) is 4.57 Å². The lowest BCUT2D eigenvalue weighted by atomic mass is 10.1. The Labute approximate surface area is 64.1 Å². The van der Waals surface area contributed by atoms with E-state index >= 15 is 0 Å². The number of aromatic nitrogens is 1. The first-order chi connectivity index (χ1) is 4.93. The summed E-state index contributed by atoms with van der Waals surface area (Å²) in [5.41, 5.74) is -0.436. The minimum Gasteiger partial charge on any atom is -0.492 e. The Kier molecular flexibility index (Phi) is 1.55. The Hall–Kier alpha value is -1.19. The zero-order valence-corrected chi connectivity index (χ0v) is 6.79. The number of rotatable bonds is 0. The largest absolute Gasteiger partial charge is 0.492 e. The summed E-state index contributed by atoms with van der Waals surface area (Å²) in [4.78, 5) is 10.9. The highest BCUT2D eigenvalue weighted by Gasteiger charge is 2.20. The second kappa shape index (κ2) is 2.15. The SMILES string of the molecule is CC(C)(C)n1c(O)coc1=O. The summed E-state index contributed by atoms with van der Waals surface area (Å²) in [7, 11) is 0. The minimum atomic E-state index is -0.532. The van der Waals surface area contributed by atoms with Gasteiger partial charge in [-0.25, -0.2) is 9.36 Å². The van der Waals surface area contributed by atoms with E-state index in [9.17, 15) is 4.79 Å². The Balaban J connectivity index is 3.33. The molecule has 4 nitrogen and oxygen atoms in total. The molecule has 1 rings (SSSR count). The van der Waals surface area contributed by atoms with Gasteiger partial charge in [0.15, 0.2) is 6.26 Å². The molecule has 0 spiro atoms. The third-order valence-electron chi connectivity index (χ3n) is 1.35. The summed E-state index contributed by atoms with van der Waals surface area (Å²) in [6.45, 7) is 5.43. The second-order valence-electron chi connectivity index (χ2n) is 3.37. The summed E-state index contributed by atoms with van der Waals surface area (Å²) in [5, 5.41) is 9.14. The average molecular weight is 157 g/mol. The van der Waals surface area contributed by atoms with E-state index in [4.69, 9.17) is 5.11 Å². The Morgan fingerprint density at radius 1 is 1.55 bits per heavy atom. The Bertz CT molecular complexity index is 302. The third kappa shape index (κ3) is 1.29. The molecule has 0 radical (unpaired) electrons. The van der Waals surface area contributed by atoms with Gasteiger partial charge in [-0.15, -0.1) is 0 Å². The Morgan fingerprint density at radius 2 is 2.09 bits per heavy atom. The van der Waals surface area contributed by atoms with E-state index in [1.807, 2.05) is 20.8 Å². The van der Waals surface area contributed by atoms with Crippen LogP contribution in [0.5, 0.6) is 5.88 Å². The number of hydrogen-bond donors (Lipinski definition) is 1. The van der Waals surface area contributed by atoms with Crippen LogP contribution in [0.15, 0.2) is 15.5 Å². The fourth-order valence-corrected chi connectivity index (χ4v) is 0.920. The molecule has 62 valence electrons. The number of oxazole rings is 1. The second-order valence-corrected chi connectivity index (χ2v) is 3.37. The molecule has 1 N–H and O–H groups in total. The van der Waals surface area contributed by atoms with Crippen molar-refractivity contribution >= 4 is 0 Å². The van der Waals surface area contributed by atoms with Gasteiger partial charge < -0.3 is 9.52 Å². The maximum Gasteiger partial charge on any atom is 0.422 e. The van der Waals surface area contributed by atoms with Gasteiger partial charge in [0, 0.05) is 5.54 Å². The average Bonchev–Trinajstić information content (AvgIpc) is 2.08. The van der Waals surface area contributed by atoms with E-state index in [0.29, 0.717) is 0 Å². The normalized spacial score (nSPS) is 11.9. The number of hydrogen-bond acceptors (Lipinski definition) is 3. The van der Waals surface area contributed by atoms with Crippen LogP contribution in [-0.2, 0) is 5.54 Å². The van der Waals surface area contributed by atoms with Crippen molar-refractivity contribution in [2.75, 3.05) is 0 Å². The van der Waals surface area contributed by atoms with Gasteiger partial charge in [0.05, 0.1) is 0 Å². The van der Waals surface area contributed by atoms with Gasteiger partial charge in [-0.1, -0.05) is 0 Å². The molecule has 0 aromatic carbocycles. The number of nitrogens with zero attached hydrogens (tertiary/aromatic N) is 1. The van der Waals surface area contributed by atoms with Crippen LogP contribution in [0.25, 0.3) is 0 Å². The molecule has 11 heavy (non-hydrogen) atoms. The maximum absolute atomic E-state index is 10.9. The molecule has 0 aliphatic heterocycles. The Morgan fingerprint density at radius 3 is 2.27 bits per heavy atom. The van der Waals surface area contributed by atoms with Crippen LogP contribution in [0, 0.1) is 0 Å². The van der Waals surface area contributed by atoms with Crippen molar-refractivity contribution in [2.24, 2.45) is 0 Å². The molecule has 0 aliphatic carbocycles.